The number of fused-ring (bicyclic) bond motifs is 1. The second kappa shape index (κ2) is 9.59. The van der Waals surface area contributed by atoms with Crippen LogP contribution >= 0.6 is 19.2 Å². The van der Waals surface area contributed by atoms with E-state index in [0.29, 0.717) is 11.1 Å². The number of nitrogens with zero attached hydrogens (tertiary/aromatic N) is 1. The van der Waals surface area contributed by atoms with Crippen molar-refractivity contribution in [3.63, 3.8) is 0 Å². The maximum atomic E-state index is 13.7. The predicted molar refractivity (Wildman–Crippen MR) is 125 cm³/mol. The molecule has 0 spiro atoms. The molecule has 0 fully saturated rings. The molecule has 3 aromatic carbocycles. The zero-order valence-electron chi connectivity index (χ0n) is 17.2. The van der Waals surface area contributed by atoms with Crippen molar-refractivity contribution in [2.45, 2.75) is 18.7 Å². The number of halogens is 1. The Balaban J connectivity index is 2.24. The van der Waals surface area contributed by atoms with Crippen LogP contribution in [0, 0.1) is 0 Å². The summed E-state index contributed by atoms with van der Waals surface area (Å²) in [6, 6.07) is 16.6. The summed E-state index contributed by atoms with van der Waals surface area (Å²) in [5.41, 5.74) is 6.38. The van der Waals surface area contributed by atoms with Crippen molar-refractivity contribution in [1.29, 1.82) is 0 Å². The van der Waals surface area contributed by atoms with Crippen molar-refractivity contribution < 1.29 is 22.0 Å². The van der Waals surface area contributed by atoms with Crippen molar-refractivity contribution in [3.05, 3.63) is 65.7 Å². The van der Waals surface area contributed by atoms with E-state index in [0.717, 1.165) is 9.69 Å². The molecule has 0 amide bonds. The molecular formula is C21H24ClN2O5PS. The Morgan fingerprint density at radius 2 is 1.65 bits per heavy atom. The highest BCUT2D eigenvalue weighted by molar-refractivity contribution is 7.93. The first-order valence-electron chi connectivity index (χ1n) is 9.65. The molecule has 0 aliphatic rings. The number of anilines is 2. The summed E-state index contributed by atoms with van der Waals surface area (Å²) in [6.07, 6.45) is -0.503. The van der Waals surface area contributed by atoms with Gasteiger partial charge in [-0.3, -0.25) is 8.87 Å². The third-order valence-corrected chi connectivity index (χ3v) is 8.55. The second-order valence-corrected chi connectivity index (χ2v) is 11.0. The number of nitrogens with two attached hydrogens (primary N) is 1. The van der Waals surface area contributed by atoms with Crippen molar-refractivity contribution in [2.24, 2.45) is 0 Å². The first-order valence-corrected chi connectivity index (χ1v) is 13.2. The summed E-state index contributed by atoms with van der Waals surface area (Å²) in [5.74, 6) is 0. The van der Waals surface area contributed by atoms with Crippen LogP contribution in [0.15, 0.2) is 65.6 Å². The van der Waals surface area contributed by atoms with E-state index >= 15 is 0 Å². The number of nitrogen functional groups attached to an aromatic ring is 1. The van der Waals surface area contributed by atoms with Crippen LogP contribution in [0.2, 0.25) is 5.02 Å². The Morgan fingerprint density at radius 3 is 2.29 bits per heavy atom. The lowest BCUT2D eigenvalue weighted by atomic mass is 10.1. The molecule has 0 aliphatic heterocycles. The minimum Gasteiger partial charge on any atom is -0.399 e. The van der Waals surface area contributed by atoms with Crippen molar-refractivity contribution >= 4 is 51.4 Å². The molecule has 0 heterocycles. The zero-order chi connectivity index (χ0) is 22.6. The van der Waals surface area contributed by atoms with Crippen molar-refractivity contribution in [1.82, 2.24) is 0 Å². The Hall–Kier alpha value is -2.09. The van der Waals surface area contributed by atoms with E-state index in [1.165, 1.54) is 18.2 Å². The SMILES string of the molecule is CCOP(=O)(CN(c1cccc2ccccc12)S(=O)(=O)c1cc(N)cc(Cl)c1)OCC. The molecule has 0 aliphatic carbocycles. The second-order valence-electron chi connectivity index (χ2n) is 6.66. The van der Waals surface area contributed by atoms with Crippen LogP contribution in [0.5, 0.6) is 0 Å². The Kier molecular flexibility index (Phi) is 7.29. The largest absolute Gasteiger partial charge is 0.399 e. The summed E-state index contributed by atoms with van der Waals surface area (Å²) in [5, 5.41) is 1.67. The number of sulfonamides is 1. The van der Waals surface area contributed by atoms with E-state index in [9.17, 15) is 13.0 Å². The summed E-state index contributed by atoms with van der Waals surface area (Å²) in [6.45, 7) is 3.54. The van der Waals surface area contributed by atoms with Gasteiger partial charge in [0.15, 0.2) is 0 Å². The zero-order valence-corrected chi connectivity index (χ0v) is 19.7. The van der Waals surface area contributed by atoms with Gasteiger partial charge in [0, 0.05) is 16.1 Å². The lowest BCUT2D eigenvalue weighted by Gasteiger charge is -2.29. The average molecular weight is 483 g/mol. The highest BCUT2D eigenvalue weighted by Gasteiger charge is 2.36. The molecule has 10 heteroatoms. The van der Waals surface area contributed by atoms with Gasteiger partial charge in [0.05, 0.1) is 23.8 Å². The van der Waals surface area contributed by atoms with Gasteiger partial charge < -0.3 is 14.8 Å². The molecule has 0 atom stereocenters. The minimum absolute atomic E-state index is 0.102. The van der Waals surface area contributed by atoms with Gasteiger partial charge in [0.2, 0.25) is 0 Å². The van der Waals surface area contributed by atoms with Gasteiger partial charge in [-0.2, -0.15) is 0 Å². The molecule has 0 aromatic heterocycles. The molecule has 0 saturated carbocycles. The van der Waals surface area contributed by atoms with Crippen LogP contribution in [0.1, 0.15) is 13.8 Å². The van der Waals surface area contributed by atoms with E-state index in [-0.39, 0.29) is 28.8 Å². The molecule has 7 nitrogen and oxygen atoms in total. The monoisotopic (exact) mass is 482 g/mol. The van der Waals surface area contributed by atoms with Gasteiger partial charge in [-0.25, -0.2) is 8.42 Å². The molecule has 0 saturated heterocycles. The van der Waals surface area contributed by atoms with E-state index in [1.807, 2.05) is 18.2 Å². The Labute approximate surface area is 187 Å². The fourth-order valence-corrected chi connectivity index (χ4v) is 7.30. The van der Waals surface area contributed by atoms with Gasteiger partial charge in [-0.05, 0) is 43.5 Å². The van der Waals surface area contributed by atoms with E-state index in [4.69, 9.17) is 26.4 Å². The van der Waals surface area contributed by atoms with Gasteiger partial charge in [0.1, 0.15) is 6.29 Å². The lowest BCUT2D eigenvalue weighted by molar-refractivity contribution is 0.221. The topological polar surface area (TPSA) is 98.9 Å². The normalized spacial score (nSPS) is 12.2. The number of rotatable bonds is 9. The standard InChI is InChI=1S/C21H24ClN2O5PS/c1-3-28-30(25,29-4-2)15-24(21-11-7-9-16-8-5-6-10-20(16)21)31(26,27)19-13-17(22)12-18(23)14-19/h5-14H,3-4,15,23H2,1-2H3. The van der Waals surface area contributed by atoms with Gasteiger partial charge in [-0.1, -0.05) is 48.0 Å². The van der Waals surface area contributed by atoms with E-state index in [1.54, 1.807) is 38.1 Å². The fourth-order valence-electron chi connectivity index (χ4n) is 3.24. The molecule has 0 unspecified atom stereocenters. The fraction of sp³-hybridized carbons (Fsp3) is 0.238. The molecule has 3 aromatic rings. The third-order valence-electron chi connectivity index (χ3n) is 4.47. The highest BCUT2D eigenvalue weighted by atomic mass is 35.5. The molecule has 2 N–H and O–H groups in total. The number of hydrogen-bond acceptors (Lipinski definition) is 6. The quantitative estimate of drug-likeness (QED) is 0.319. The highest BCUT2D eigenvalue weighted by Crippen LogP contribution is 2.50. The number of hydrogen-bond donors (Lipinski definition) is 1. The lowest BCUT2D eigenvalue weighted by Crippen LogP contribution is -2.33. The van der Waals surface area contributed by atoms with Crippen molar-refractivity contribution in [2.75, 3.05) is 29.5 Å². The minimum atomic E-state index is -4.22. The Bertz CT molecular complexity index is 1200. The molecule has 0 bridgehead atoms. The maximum Gasteiger partial charge on any atom is 0.350 e. The maximum absolute atomic E-state index is 13.7. The summed E-state index contributed by atoms with van der Waals surface area (Å²) < 4.78 is 52.7. The molecule has 0 radical (unpaired) electrons. The predicted octanol–water partition coefficient (Wildman–Crippen LogP) is 5.49. The molecule has 166 valence electrons. The van der Waals surface area contributed by atoms with Crippen LogP contribution in [0.25, 0.3) is 10.8 Å². The first-order chi connectivity index (χ1) is 14.7. The van der Waals surface area contributed by atoms with Crippen LogP contribution in [0.4, 0.5) is 11.4 Å². The van der Waals surface area contributed by atoms with Crippen LogP contribution in [-0.4, -0.2) is 27.9 Å². The Morgan fingerprint density at radius 1 is 1.00 bits per heavy atom. The van der Waals surface area contributed by atoms with Crippen LogP contribution < -0.4 is 10.0 Å². The molecule has 31 heavy (non-hydrogen) atoms. The van der Waals surface area contributed by atoms with Crippen LogP contribution in [-0.2, 0) is 23.6 Å². The average Bonchev–Trinajstić information content (AvgIpc) is 2.71. The summed E-state index contributed by atoms with van der Waals surface area (Å²) >= 11 is 6.07. The van der Waals surface area contributed by atoms with Crippen LogP contribution in [0.3, 0.4) is 0 Å². The number of benzene rings is 3. The summed E-state index contributed by atoms with van der Waals surface area (Å²) in [7, 11) is -8.00. The van der Waals surface area contributed by atoms with Gasteiger partial charge >= 0.3 is 7.60 Å². The van der Waals surface area contributed by atoms with E-state index < -0.39 is 23.9 Å². The van der Waals surface area contributed by atoms with Crippen molar-refractivity contribution in [3.8, 4) is 0 Å². The van der Waals surface area contributed by atoms with Gasteiger partial charge in [-0.15, -0.1) is 0 Å². The van der Waals surface area contributed by atoms with E-state index in [2.05, 4.69) is 0 Å². The molecular weight excluding hydrogens is 459 g/mol. The van der Waals surface area contributed by atoms with Gasteiger partial charge in [0.25, 0.3) is 10.0 Å². The first kappa shape index (κ1) is 23.6. The third kappa shape index (κ3) is 5.22. The molecule has 3 rings (SSSR count). The smallest absolute Gasteiger partial charge is 0.350 e. The summed E-state index contributed by atoms with van der Waals surface area (Å²) in [4.78, 5) is -0.120.